The van der Waals surface area contributed by atoms with E-state index in [9.17, 15) is 0 Å². The van der Waals surface area contributed by atoms with Crippen LogP contribution in [-0.4, -0.2) is 5.71 Å². The summed E-state index contributed by atoms with van der Waals surface area (Å²) in [5.41, 5.74) is 0.417. The van der Waals surface area contributed by atoms with E-state index in [4.69, 9.17) is 5.41 Å². The third-order valence-corrected chi connectivity index (χ3v) is 0. The summed E-state index contributed by atoms with van der Waals surface area (Å²) in [6.07, 6.45) is 0. The molecule has 0 bridgehead atoms. The van der Waals surface area contributed by atoms with Crippen molar-refractivity contribution in [2.24, 2.45) is 0 Å². The van der Waals surface area contributed by atoms with Crippen LogP contribution < -0.4 is 0 Å². The molecule has 2 heteroatoms. The van der Waals surface area contributed by atoms with E-state index >= 15 is 0 Å². The van der Waals surface area contributed by atoms with E-state index in [0.717, 1.165) is 0 Å². The maximum absolute atomic E-state index is 7.97. The first kappa shape index (κ1) is 15.9. The van der Waals surface area contributed by atoms with Gasteiger partial charge >= 0.3 is 0 Å². The van der Waals surface area contributed by atoms with Crippen LogP contribution in [-0.2, 0) is 32.7 Å². The molecule has 0 saturated carbocycles. The Labute approximate surface area is 64.9 Å². The van der Waals surface area contributed by atoms with Gasteiger partial charge in [-0.1, -0.05) is 13.8 Å². The summed E-state index contributed by atoms with van der Waals surface area (Å²) in [6, 6.07) is 0. The monoisotopic (exact) mass is 160 g/mol. The van der Waals surface area contributed by atoms with Crippen LogP contribution in [0.15, 0.2) is 0 Å². The van der Waals surface area contributed by atoms with Crippen molar-refractivity contribution in [1.82, 2.24) is 0 Å². The number of hydrogen-bond donors (Lipinski definition) is 0. The van der Waals surface area contributed by atoms with Gasteiger partial charge in [0.1, 0.15) is 0 Å². The van der Waals surface area contributed by atoms with Crippen LogP contribution in [0.4, 0.5) is 0 Å². The fraction of sp³-hybridized carbons (Fsp3) is 0.500. The van der Waals surface area contributed by atoms with E-state index in [1.54, 1.807) is 13.8 Å². The Kier molecular flexibility index (Phi) is 24.4. The Morgan fingerprint density at radius 2 is 1.33 bits per heavy atom. The van der Waals surface area contributed by atoms with Crippen LogP contribution in [0.5, 0.6) is 0 Å². The van der Waals surface area contributed by atoms with Gasteiger partial charge in [0.2, 0.25) is 0 Å². The van der Waals surface area contributed by atoms with Crippen molar-refractivity contribution >= 4 is 5.71 Å². The average molecular weight is 160 g/mol. The summed E-state index contributed by atoms with van der Waals surface area (Å²) in [5, 5.41) is 7.97. The molecule has 0 heterocycles. The minimum Gasteiger partial charge on any atom is -0.812 e. The van der Waals surface area contributed by atoms with Crippen molar-refractivity contribution in [2.75, 3.05) is 0 Å². The van der Waals surface area contributed by atoms with Crippen molar-refractivity contribution in [3.05, 3.63) is 12.8 Å². The fourth-order valence-electron chi connectivity index (χ4n) is 0. The van der Waals surface area contributed by atoms with Crippen molar-refractivity contribution in [3.8, 4) is 0 Å². The molecule has 0 spiro atoms. The summed E-state index contributed by atoms with van der Waals surface area (Å²) < 4.78 is 0. The van der Waals surface area contributed by atoms with Crippen LogP contribution in [0, 0.1) is 7.43 Å². The third kappa shape index (κ3) is 114. The van der Waals surface area contributed by atoms with E-state index in [-0.39, 0.29) is 40.1 Å². The van der Waals surface area contributed by atoms with E-state index in [2.05, 4.69) is 0 Å². The Morgan fingerprint density at radius 3 is 1.33 bits per heavy atom. The molecule has 35 valence electrons. The Bertz CT molecular complexity index is 30.5. The molecular formula is C4H9NY-2. The molecule has 0 aliphatic heterocycles. The molecule has 1 radical (unpaired) electrons. The number of nitrogens with zero attached hydrogens (tertiary/aromatic N) is 1. The zero-order valence-electron chi connectivity index (χ0n) is 4.52. The molecule has 6 heavy (non-hydrogen) atoms. The van der Waals surface area contributed by atoms with Crippen LogP contribution in [0.25, 0.3) is 5.41 Å². The molecule has 0 atom stereocenters. The third-order valence-electron chi connectivity index (χ3n) is 0. The first-order valence-corrected chi connectivity index (χ1v) is 1.22. The molecule has 0 N–H and O–H groups in total. The standard InChI is InChI=1S/C3H6N.CH3.Y/c1-3(2)4;;/h1-2H3;1H3;/q2*-1;. The van der Waals surface area contributed by atoms with Gasteiger partial charge in [-0.05, 0) is 0 Å². The van der Waals surface area contributed by atoms with E-state index in [1.807, 2.05) is 0 Å². The van der Waals surface area contributed by atoms with E-state index in [0.29, 0.717) is 5.71 Å². The van der Waals surface area contributed by atoms with Crippen molar-refractivity contribution in [1.29, 1.82) is 0 Å². The first-order chi connectivity index (χ1) is 1.73. The summed E-state index contributed by atoms with van der Waals surface area (Å²) in [6.45, 7) is 3.28. The van der Waals surface area contributed by atoms with Gasteiger partial charge in [-0.3, -0.25) is 0 Å². The molecule has 0 aromatic rings. The molecule has 0 amide bonds. The Balaban J connectivity index is -0.0000000450. The molecule has 0 rings (SSSR count). The minimum absolute atomic E-state index is 0. The molecule has 0 saturated heterocycles. The van der Waals surface area contributed by atoms with Gasteiger partial charge in [0, 0.05) is 32.7 Å². The van der Waals surface area contributed by atoms with Crippen molar-refractivity contribution < 1.29 is 32.7 Å². The molecule has 0 unspecified atom stereocenters. The van der Waals surface area contributed by atoms with Gasteiger partial charge in [0.25, 0.3) is 0 Å². The minimum atomic E-state index is 0. The van der Waals surface area contributed by atoms with E-state index < -0.39 is 0 Å². The smallest absolute Gasteiger partial charge is 0 e. The molecule has 0 aromatic carbocycles. The Hall–Kier alpha value is 0.774. The largest absolute Gasteiger partial charge is 0.812 e. The maximum Gasteiger partial charge on any atom is 0 e. The van der Waals surface area contributed by atoms with Crippen molar-refractivity contribution in [3.63, 3.8) is 0 Å². The second kappa shape index (κ2) is 9.24. The molecule has 1 nitrogen and oxygen atoms in total. The molecule has 0 aliphatic carbocycles. The van der Waals surface area contributed by atoms with Gasteiger partial charge < -0.3 is 12.8 Å². The quantitative estimate of drug-likeness (QED) is 0.378. The predicted octanol–water partition coefficient (Wildman–Crippen LogP) is 1.48. The maximum atomic E-state index is 7.97. The second-order valence-corrected chi connectivity index (χ2v) is 0.947. The predicted molar refractivity (Wildman–Crippen MR) is 26.1 cm³/mol. The fourth-order valence-corrected chi connectivity index (χ4v) is 0. The van der Waals surface area contributed by atoms with Crippen LogP contribution in [0.3, 0.4) is 0 Å². The summed E-state index contributed by atoms with van der Waals surface area (Å²) in [7, 11) is 0. The van der Waals surface area contributed by atoms with Gasteiger partial charge in [-0.2, -0.15) is 0 Å². The Morgan fingerprint density at radius 1 is 1.33 bits per heavy atom. The van der Waals surface area contributed by atoms with Gasteiger partial charge in [-0.25, -0.2) is 5.71 Å². The number of hydrogen-bond acceptors (Lipinski definition) is 0. The van der Waals surface area contributed by atoms with Gasteiger partial charge in [-0.15, -0.1) is 0 Å². The normalized spacial score (nSPS) is 4.33. The van der Waals surface area contributed by atoms with Gasteiger partial charge in [0.05, 0.1) is 0 Å². The topological polar surface area (TPSA) is 22.3 Å². The summed E-state index contributed by atoms with van der Waals surface area (Å²) in [5.74, 6) is 0. The molecule has 0 aromatic heterocycles. The van der Waals surface area contributed by atoms with Crippen LogP contribution in [0.1, 0.15) is 13.8 Å². The average Bonchev–Trinajstić information content (AvgIpc) is 0.811. The molecular weight excluding hydrogens is 151 g/mol. The molecule has 0 fully saturated rings. The second-order valence-electron chi connectivity index (χ2n) is 0.947. The first-order valence-electron chi connectivity index (χ1n) is 1.22. The zero-order valence-corrected chi connectivity index (χ0v) is 7.36. The SMILES string of the molecule is CC(C)=[N-].[CH3-].[Y]. The summed E-state index contributed by atoms with van der Waals surface area (Å²) in [4.78, 5) is 0. The number of rotatable bonds is 0. The molecule has 0 aliphatic rings. The summed E-state index contributed by atoms with van der Waals surface area (Å²) >= 11 is 0. The van der Waals surface area contributed by atoms with Crippen LogP contribution >= 0.6 is 0 Å². The zero-order chi connectivity index (χ0) is 3.58. The van der Waals surface area contributed by atoms with Gasteiger partial charge in [0.15, 0.2) is 0 Å². The van der Waals surface area contributed by atoms with E-state index in [1.165, 1.54) is 0 Å². The van der Waals surface area contributed by atoms with Crippen LogP contribution in [0.2, 0.25) is 0 Å². The van der Waals surface area contributed by atoms with Crippen molar-refractivity contribution in [2.45, 2.75) is 13.8 Å².